The minimum Gasteiger partial charge on any atom is -0.383 e. The van der Waals surface area contributed by atoms with Gasteiger partial charge in [0.05, 0.1) is 5.56 Å². The van der Waals surface area contributed by atoms with Crippen molar-refractivity contribution in [3.8, 4) is 10.6 Å². The van der Waals surface area contributed by atoms with E-state index < -0.39 is 0 Å². The van der Waals surface area contributed by atoms with Gasteiger partial charge in [-0.05, 0) is 0 Å². The maximum absolute atomic E-state index is 5.65. The monoisotopic (exact) mass is 193 g/mol. The molecule has 5 nitrogen and oxygen atoms in total. The molecule has 0 bridgehead atoms. The van der Waals surface area contributed by atoms with E-state index in [2.05, 4.69) is 15.0 Å². The van der Waals surface area contributed by atoms with E-state index in [1.165, 1.54) is 11.3 Å². The fourth-order valence-electron chi connectivity index (χ4n) is 0.931. The summed E-state index contributed by atoms with van der Waals surface area (Å²) in [4.78, 5) is 11.8. The number of anilines is 2. The Morgan fingerprint density at radius 2 is 2.08 bits per heavy atom. The van der Waals surface area contributed by atoms with Crippen molar-refractivity contribution in [1.82, 2.24) is 15.0 Å². The summed E-state index contributed by atoms with van der Waals surface area (Å²) in [5, 5.41) is 2.67. The highest BCUT2D eigenvalue weighted by Gasteiger charge is 2.06. The summed E-state index contributed by atoms with van der Waals surface area (Å²) >= 11 is 1.48. The zero-order chi connectivity index (χ0) is 9.26. The molecule has 6 heteroatoms. The topological polar surface area (TPSA) is 90.7 Å². The van der Waals surface area contributed by atoms with Gasteiger partial charge in [0.25, 0.3) is 0 Å². The number of rotatable bonds is 1. The van der Waals surface area contributed by atoms with Crippen molar-refractivity contribution in [1.29, 1.82) is 0 Å². The van der Waals surface area contributed by atoms with E-state index in [0.29, 0.717) is 5.82 Å². The van der Waals surface area contributed by atoms with E-state index in [9.17, 15) is 0 Å². The first-order chi connectivity index (χ1) is 6.27. The minimum absolute atomic E-state index is 0.179. The van der Waals surface area contributed by atoms with Crippen molar-refractivity contribution < 1.29 is 0 Å². The Balaban J connectivity index is 2.53. The molecule has 0 aliphatic rings. The van der Waals surface area contributed by atoms with Gasteiger partial charge in [0.2, 0.25) is 5.95 Å². The second kappa shape index (κ2) is 2.98. The Morgan fingerprint density at radius 3 is 2.69 bits per heavy atom. The van der Waals surface area contributed by atoms with Crippen molar-refractivity contribution in [2.24, 2.45) is 0 Å². The molecule has 0 radical (unpaired) electrons. The number of hydrogen-bond acceptors (Lipinski definition) is 6. The first kappa shape index (κ1) is 7.93. The molecule has 0 aliphatic heterocycles. The summed E-state index contributed by atoms with van der Waals surface area (Å²) in [6.07, 6.45) is 3.28. The lowest BCUT2D eigenvalue weighted by molar-refractivity contribution is 1.19. The predicted molar refractivity (Wildman–Crippen MR) is 52.0 cm³/mol. The van der Waals surface area contributed by atoms with Gasteiger partial charge in [-0.1, -0.05) is 0 Å². The van der Waals surface area contributed by atoms with Crippen LogP contribution in [0.2, 0.25) is 0 Å². The molecule has 66 valence electrons. The fourth-order valence-corrected chi connectivity index (χ4v) is 1.59. The van der Waals surface area contributed by atoms with Gasteiger partial charge in [-0.3, -0.25) is 0 Å². The normalized spacial score (nSPS) is 10.2. The van der Waals surface area contributed by atoms with E-state index >= 15 is 0 Å². The van der Waals surface area contributed by atoms with Gasteiger partial charge < -0.3 is 11.5 Å². The van der Waals surface area contributed by atoms with Crippen LogP contribution in [0.4, 0.5) is 11.8 Å². The van der Waals surface area contributed by atoms with Crippen LogP contribution in [-0.2, 0) is 0 Å². The van der Waals surface area contributed by atoms with Crippen molar-refractivity contribution in [3.05, 3.63) is 17.8 Å². The predicted octanol–water partition coefficient (Wildman–Crippen LogP) is 0.765. The SMILES string of the molecule is Nc1ncc(-c2nccs2)c(N)n1. The van der Waals surface area contributed by atoms with Crippen LogP contribution in [0.3, 0.4) is 0 Å². The molecule has 2 heterocycles. The lowest BCUT2D eigenvalue weighted by Gasteiger charge is -2.00. The van der Waals surface area contributed by atoms with Crippen LogP contribution in [0.25, 0.3) is 10.6 Å². The highest BCUT2D eigenvalue weighted by molar-refractivity contribution is 7.13. The number of hydrogen-bond donors (Lipinski definition) is 2. The summed E-state index contributed by atoms with van der Waals surface area (Å²) < 4.78 is 0. The number of nitrogens with zero attached hydrogens (tertiary/aromatic N) is 3. The first-order valence-corrected chi connectivity index (χ1v) is 4.43. The lowest BCUT2D eigenvalue weighted by atomic mass is 10.3. The molecule has 0 aliphatic carbocycles. The van der Waals surface area contributed by atoms with Gasteiger partial charge in [0, 0.05) is 17.8 Å². The molecule has 0 amide bonds. The Labute approximate surface area is 78.5 Å². The molecule has 2 aromatic heterocycles. The van der Waals surface area contributed by atoms with Crippen molar-refractivity contribution in [2.45, 2.75) is 0 Å². The molecule has 0 unspecified atom stereocenters. The zero-order valence-electron chi connectivity index (χ0n) is 6.64. The van der Waals surface area contributed by atoms with Gasteiger partial charge in [-0.25, -0.2) is 9.97 Å². The van der Waals surface area contributed by atoms with Crippen LogP contribution in [0.15, 0.2) is 17.8 Å². The van der Waals surface area contributed by atoms with Crippen molar-refractivity contribution >= 4 is 23.1 Å². The molecular formula is C7H7N5S. The Kier molecular flexibility index (Phi) is 1.82. The maximum Gasteiger partial charge on any atom is 0.221 e. The van der Waals surface area contributed by atoms with E-state index in [0.717, 1.165) is 10.6 Å². The molecule has 4 N–H and O–H groups in total. The zero-order valence-corrected chi connectivity index (χ0v) is 7.45. The Morgan fingerprint density at radius 1 is 1.23 bits per heavy atom. The molecule has 0 aromatic carbocycles. The molecule has 0 fully saturated rings. The quantitative estimate of drug-likeness (QED) is 0.697. The van der Waals surface area contributed by atoms with Crippen LogP contribution in [-0.4, -0.2) is 15.0 Å². The summed E-state index contributed by atoms with van der Waals surface area (Å²) in [5.41, 5.74) is 11.7. The smallest absolute Gasteiger partial charge is 0.221 e. The number of nitrogen functional groups attached to an aromatic ring is 2. The number of aromatic nitrogens is 3. The molecule has 2 aromatic rings. The van der Waals surface area contributed by atoms with Gasteiger partial charge in [-0.2, -0.15) is 4.98 Å². The van der Waals surface area contributed by atoms with Gasteiger partial charge in [0.1, 0.15) is 10.8 Å². The van der Waals surface area contributed by atoms with E-state index in [1.807, 2.05) is 5.38 Å². The van der Waals surface area contributed by atoms with Crippen molar-refractivity contribution in [2.75, 3.05) is 11.5 Å². The van der Waals surface area contributed by atoms with Gasteiger partial charge in [0.15, 0.2) is 0 Å². The third kappa shape index (κ3) is 1.43. The molecule has 0 saturated heterocycles. The van der Waals surface area contributed by atoms with Crippen molar-refractivity contribution in [3.63, 3.8) is 0 Å². The summed E-state index contributed by atoms with van der Waals surface area (Å²) in [5.74, 6) is 0.542. The second-order valence-electron chi connectivity index (χ2n) is 2.36. The van der Waals surface area contributed by atoms with E-state index in [-0.39, 0.29) is 5.95 Å². The first-order valence-electron chi connectivity index (χ1n) is 3.55. The molecule has 0 saturated carbocycles. The highest BCUT2D eigenvalue weighted by Crippen LogP contribution is 2.25. The van der Waals surface area contributed by atoms with Gasteiger partial charge in [-0.15, -0.1) is 11.3 Å². The largest absolute Gasteiger partial charge is 0.383 e. The van der Waals surface area contributed by atoms with Crippen LogP contribution < -0.4 is 11.5 Å². The van der Waals surface area contributed by atoms with Crippen LogP contribution in [0.1, 0.15) is 0 Å². The average Bonchev–Trinajstić information content (AvgIpc) is 2.56. The van der Waals surface area contributed by atoms with E-state index in [4.69, 9.17) is 11.5 Å². The fraction of sp³-hybridized carbons (Fsp3) is 0. The minimum atomic E-state index is 0.179. The maximum atomic E-state index is 5.65. The summed E-state index contributed by atoms with van der Waals surface area (Å²) in [7, 11) is 0. The van der Waals surface area contributed by atoms with Crippen LogP contribution >= 0.6 is 11.3 Å². The second-order valence-corrected chi connectivity index (χ2v) is 3.26. The highest BCUT2D eigenvalue weighted by atomic mass is 32.1. The Hall–Kier alpha value is -1.69. The third-order valence-electron chi connectivity index (χ3n) is 1.50. The molecular weight excluding hydrogens is 186 g/mol. The third-order valence-corrected chi connectivity index (χ3v) is 2.31. The molecule has 0 spiro atoms. The lowest BCUT2D eigenvalue weighted by Crippen LogP contribution is -2.00. The van der Waals surface area contributed by atoms with Crippen LogP contribution in [0, 0.1) is 0 Å². The number of thiazole rings is 1. The van der Waals surface area contributed by atoms with E-state index in [1.54, 1.807) is 12.4 Å². The summed E-state index contributed by atoms with van der Waals surface area (Å²) in [6, 6.07) is 0. The van der Waals surface area contributed by atoms with Gasteiger partial charge >= 0.3 is 0 Å². The molecule has 2 rings (SSSR count). The molecule has 0 atom stereocenters. The average molecular weight is 193 g/mol. The van der Waals surface area contributed by atoms with Crippen LogP contribution in [0.5, 0.6) is 0 Å². The Bertz CT molecular complexity index is 411. The standard InChI is InChI=1S/C7H7N5S/c8-5-4(3-11-7(9)12-5)6-10-1-2-13-6/h1-3H,(H4,8,9,11,12). The number of nitrogens with two attached hydrogens (primary N) is 2. The summed E-state index contributed by atoms with van der Waals surface area (Å²) in [6.45, 7) is 0. The molecule has 13 heavy (non-hydrogen) atoms.